The number of rotatable bonds is 5. The van der Waals surface area contributed by atoms with E-state index in [-0.39, 0.29) is 11.9 Å². The Balaban J connectivity index is 1.37. The number of aryl methyl sites for hydroxylation is 1. The molecule has 0 radical (unpaired) electrons. The molecule has 32 heavy (non-hydrogen) atoms. The van der Waals surface area contributed by atoms with Gasteiger partial charge in [-0.3, -0.25) is 4.90 Å². The highest BCUT2D eigenvalue weighted by atomic mass is 32.1. The summed E-state index contributed by atoms with van der Waals surface area (Å²) in [7, 11) is 0. The highest BCUT2D eigenvalue weighted by Crippen LogP contribution is 2.28. The van der Waals surface area contributed by atoms with Crippen LogP contribution in [0.1, 0.15) is 18.6 Å². The quantitative estimate of drug-likeness (QED) is 0.655. The van der Waals surface area contributed by atoms with Crippen molar-refractivity contribution in [3.05, 3.63) is 41.9 Å². The van der Waals surface area contributed by atoms with Crippen LogP contribution >= 0.6 is 24.4 Å². The van der Waals surface area contributed by atoms with Crippen LogP contribution in [0.15, 0.2) is 28.8 Å². The number of ether oxygens (including phenoxy) is 1. The first kappa shape index (κ1) is 22.4. The van der Waals surface area contributed by atoms with Crippen molar-refractivity contribution in [2.75, 3.05) is 49.1 Å². The molecule has 2 fully saturated rings. The van der Waals surface area contributed by atoms with Gasteiger partial charge < -0.3 is 24.3 Å². The first-order chi connectivity index (χ1) is 15.3. The first-order valence-corrected chi connectivity index (χ1v) is 11.1. The molecule has 3 heterocycles. The minimum Gasteiger partial charge on any atom is -0.442 e. The maximum absolute atomic E-state index is 15.0. The van der Waals surface area contributed by atoms with E-state index in [1.807, 2.05) is 9.80 Å². The largest absolute Gasteiger partial charge is 0.442 e. The van der Waals surface area contributed by atoms with Gasteiger partial charge in [-0.1, -0.05) is 24.4 Å². The zero-order valence-corrected chi connectivity index (χ0v) is 19.5. The first-order valence-electron chi connectivity index (χ1n) is 10.3. The predicted octanol–water partition coefficient (Wildman–Crippen LogP) is 2.88. The zero-order chi connectivity index (χ0) is 22.8. The summed E-state index contributed by atoms with van der Waals surface area (Å²) in [6, 6.07) is 4.83. The molecule has 170 valence electrons. The van der Waals surface area contributed by atoms with E-state index in [0.717, 1.165) is 0 Å². The topological polar surface area (TPSA) is 74.1 Å². The molecule has 0 aliphatic carbocycles. The predicted molar refractivity (Wildman–Crippen MR) is 127 cm³/mol. The van der Waals surface area contributed by atoms with Crippen molar-refractivity contribution < 1.29 is 18.3 Å². The number of piperazine rings is 1. The van der Waals surface area contributed by atoms with Crippen LogP contribution in [0.4, 0.5) is 20.6 Å². The molecule has 1 amide bonds. The third kappa shape index (κ3) is 4.83. The van der Waals surface area contributed by atoms with Gasteiger partial charge in [0.25, 0.3) is 0 Å². The molecule has 2 aliphatic rings. The number of carbonyl (C=O) groups is 1. The molecule has 1 atom stereocenters. The van der Waals surface area contributed by atoms with Crippen LogP contribution in [-0.4, -0.2) is 71.3 Å². The van der Waals surface area contributed by atoms with Crippen LogP contribution in [-0.2, 0) is 4.74 Å². The maximum Gasteiger partial charge on any atom is 0.414 e. The van der Waals surface area contributed by atoms with Gasteiger partial charge in [0.2, 0.25) is 0 Å². The molecule has 2 aliphatic heterocycles. The molecule has 2 aromatic rings. The highest BCUT2D eigenvalue weighted by Gasteiger charge is 2.33. The second-order valence-electron chi connectivity index (χ2n) is 7.71. The molecular formula is C21H24FN5O3S2. The zero-order valence-electron chi connectivity index (χ0n) is 17.8. The van der Waals surface area contributed by atoms with Gasteiger partial charge in [0, 0.05) is 33.1 Å². The summed E-state index contributed by atoms with van der Waals surface area (Å²) < 4.78 is 25.8. The number of amides is 1. The SMILES string of the molecule is CC(=S)NC[C@H]1CN(c2ccc(N3CCN(C(=S)c4cnc(C)o4)CC3)c(F)c2)C(=O)O1. The number of thiocarbonyl (C=S) groups is 2. The van der Waals surface area contributed by atoms with Crippen molar-refractivity contribution >= 4 is 51.9 Å². The smallest absolute Gasteiger partial charge is 0.414 e. The molecular weight excluding hydrogens is 453 g/mol. The third-order valence-electron chi connectivity index (χ3n) is 5.44. The van der Waals surface area contributed by atoms with Crippen molar-refractivity contribution in [2.45, 2.75) is 20.0 Å². The molecule has 0 unspecified atom stereocenters. The number of halogens is 1. The van der Waals surface area contributed by atoms with Crippen molar-refractivity contribution in [2.24, 2.45) is 0 Å². The summed E-state index contributed by atoms with van der Waals surface area (Å²) in [6.07, 6.45) is 0.798. The van der Waals surface area contributed by atoms with Gasteiger partial charge in [0.1, 0.15) is 16.9 Å². The van der Waals surface area contributed by atoms with Crippen molar-refractivity contribution in [1.29, 1.82) is 0 Å². The minimum absolute atomic E-state index is 0.338. The lowest BCUT2D eigenvalue weighted by atomic mass is 10.2. The van der Waals surface area contributed by atoms with E-state index in [4.69, 9.17) is 33.6 Å². The minimum atomic E-state index is -0.490. The average molecular weight is 478 g/mol. The van der Waals surface area contributed by atoms with E-state index >= 15 is 0 Å². The normalized spacial score (nSPS) is 18.7. The van der Waals surface area contributed by atoms with Gasteiger partial charge in [-0.05, 0) is 25.1 Å². The average Bonchev–Trinajstić information content (AvgIpc) is 3.37. The molecule has 1 aromatic carbocycles. The molecule has 0 bridgehead atoms. The third-order valence-corrected chi connectivity index (χ3v) is 6.04. The Labute approximate surface area is 196 Å². The summed E-state index contributed by atoms with van der Waals surface area (Å²) in [6.45, 7) is 6.82. The van der Waals surface area contributed by atoms with Gasteiger partial charge in [-0.25, -0.2) is 14.2 Å². The fraction of sp³-hybridized carbons (Fsp3) is 0.429. The fourth-order valence-electron chi connectivity index (χ4n) is 3.78. The molecule has 0 saturated carbocycles. The van der Waals surface area contributed by atoms with Crippen LogP contribution in [0.25, 0.3) is 0 Å². The van der Waals surface area contributed by atoms with E-state index < -0.39 is 6.09 Å². The number of oxazole rings is 1. The lowest BCUT2D eigenvalue weighted by Crippen LogP contribution is -2.48. The van der Waals surface area contributed by atoms with E-state index in [2.05, 4.69) is 10.3 Å². The standard InChI is InChI=1S/C21H24FN5O3S2/c1-13-23-11-19(29-13)20(32)26-7-5-25(6-8-26)18-4-3-15(9-17(18)22)27-12-16(30-21(27)28)10-24-14(2)31/h3-4,9,11,16H,5-8,10,12H2,1-2H3,(H,24,31)/t16-/m0/s1. The Hall–Kier alpha value is -2.79. The number of benzene rings is 1. The number of hydrogen-bond acceptors (Lipinski definition) is 7. The van der Waals surface area contributed by atoms with E-state index in [1.54, 1.807) is 32.2 Å². The Kier molecular flexibility index (Phi) is 6.56. The van der Waals surface area contributed by atoms with E-state index in [1.165, 1.54) is 11.0 Å². The summed E-state index contributed by atoms with van der Waals surface area (Å²) >= 11 is 10.5. The summed E-state index contributed by atoms with van der Waals surface area (Å²) in [5, 5.41) is 2.99. The number of cyclic esters (lactones) is 1. The molecule has 11 heteroatoms. The van der Waals surface area contributed by atoms with Gasteiger partial charge in [0.15, 0.2) is 11.7 Å². The number of aromatic nitrogens is 1. The molecule has 4 rings (SSSR count). The Bertz CT molecular complexity index is 1040. The summed E-state index contributed by atoms with van der Waals surface area (Å²) in [5.74, 6) is 0.767. The second kappa shape index (κ2) is 9.37. The van der Waals surface area contributed by atoms with Crippen molar-refractivity contribution in [1.82, 2.24) is 15.2 Å². The van der Waals surface area contributed by atoms with Gasteiger partial charge in [-0.2, -0.15) is 0 Å². The number of nitrogens with zero attached hydrogens (tertiary/aromatic N) is 4. The van der Waals surface area contributed by atoms with Crippen LogP contribution in [0.5, 0.6) is 0 Å². The number of hydrogen-bond donors (Lipinski definition) is 1. The van der Waals surface area contributed by atoms with Gasteiger partial charge in [-0.15, -0.1) is 0 Å². The monoisotopic (exact) mass is 477 g/mol. The van der Waals surface area contributed by atoms with Gasteiger partial charge in [0.05, 0.1) is 35.6 Å². The highest BCUT2D eigenvalue weighted by molar-refractivity contribution is 7.80. The molecule has 1 aromatic heterocycles. The Morgan fingerprint density at radius 3 is 2.66 bits per heavy atom. The van der Waals surface area contributed by atoms with E-state index in [0.29, 0.717) is 72.3 Å². The fourth-order valence-corrected chi connectivity index (χ4v) is 4.14. The van der Waals surface area contributed by atoms with Crippen LogP contribution in [0.2, 0.25) is 0 Å². The second-order valence-corrected chi connectivity index (χ2v) is 8.71. The molecule has 1 N–H and O–H groups in total. The number of carbonyl (C=O) groups excluding carboxylic acids is 1. The Morgan fingerprint density at radius 2 is 2.03 bits per heavy atom. The summed E-state index contributed by atoms with van der Waals surface area (Å²) in [4.78, 5) is 23.0. The lowest BCUT2D eigenvalue weighted by molar-refractivity contribution is 0.143. The van der Waals surface area contributed by atoms with Crippen molar-refractivity contribution in [3.8, 4) is 0 Å². The van der Waals surface area contributed by atoms with Crippen LogP contribution in [0, 0.1) is 12.7 Å². The van der Waals surface area contributed by atoms with Crippen LogP contribution < -0.4 is 15.1 Å². The Morgan fingerprint density at radius 1 is 1.28 bits per heavy atom. The number of nitrogens with one attached hydrogen (secondary N) is 1. The lowest BCUT2D eigenvalue weighted by Gasteiger charge is -2.37. The van der Waals surface area contributed by atoms with Crippen molar-refractivity contribution in [3.63, 3.8) is 0 Å². The molecule has 8 nitrogen and oxygen atoms in total. The van der Waals surface area contributed by atoms with Crippen LogP contribution in [0.3, 0.4) is 0 Å². The van der Waals surface area contributed by atoms with Gasteiger partial charge >= 0.3 is 6.09 Å². The molecule has 2 saturated heterocycles. The molecule has 0 spiro atoms. The van der Waals surface area contributed by atoms with E-state index in [9.17, 15) is 9.18 Å². The summed E-state index contributed by atoms with van der Waals surface area (Å²) in [5.41, 5.74) is 0.968. The number of anilines is 2. The maximum atomic E-state index is 15.0.